The smallest absolute Gasteiger partial charge is 0.128 e. The third-order valence-electron chi connectivity index (χ3n) is 3.05. The fourth-order valence-electron chi connectivity index (χ4n) is 2.18. The van der Waals surface area contributed by atoms with Gasteiger partial charge < -0.3 is 5.32 Å². The zero-order chi connectivity index (χ0) is 12.8. The Morgan fingerprint density at radius 2 is 2.11 bits per heavy atom. The summed E-state index contributed by atoms with van der Waals surface area (Å²) in [5.41, 5.74) is 3.68. The minimum absolute atomic E-state index is 0.922. The van der Waals surface area contributed by atoms with Crippen molar-refractivity contribution in [1.82, 2.24) is 5.32 Å². The monoisotopic (exact) mass is 240 g/mol. The van der Waals surface area contributed by atoms with Crippen molar-refractivity contribution in [3.63, 3.8) is 0 Å². The molecule has 0 bridgehead atoms. The van der Waals surface area contributed by atoms with Crippen LogP contribution in [0.4, 0.5) is 0 Å². The highest BCUT2D eigenvalue weighted by molar-refractivity contribution is 6.03. The summed E-state index contributed by atoms with van der Waals surface area (Å²) >= 11 is 0. The largest absolute Gasteiger partial charge is 0.370 e. The molecule has 0 radical (unpaired) electrons. The predicted molar refractivity (Wildman–Crippen MR) is 78.9 cm³/mol. The molecular formula is C16H20N2. The number of hydrogen-bond donors (Lipinski definition) is 1. The van der Waals surface area contributed by atoms with Crippen LogP contribution in [0, 0.1) is 0 Å². The minimum atomic E-state index is 0.922. The average molecular weight is 240 g/mol. The predicted octanol–water partition coefficient (Wildman–Crippen LogP) is 3.41. The van der Waals surface area contributed by atoms with E-state index in [0.29, 0.717) is 0 Å². The third kappa shape index (κ3) is 2.70. The van der Waals surface area contributed by atoms with Gasteiger partial charge in [-0.05, 0) is 31.4 Å². The highest BCUT2D eigenvalue weighted by Crippen LogP contribution is 2.21. The Morgan fingerprint density at radius 1 is 1.28 bits per heavy atom. The van der Waals surface area contributed by atoms with E-state index in [2.05, 4.69) is 59.7 Å². The van der Waals surface area contributed by atoms with Crippen molar-refractivity contribution in [3.8, 4) is 0 Å². The van der Waals surface area contributed by atoms with Crippen molar-refractivity contribution in [2.24, 2.45) is 4.99 Å². The Morgan fingerprint density at radius 3 is 2.78 bits per heavy atom. The molecule has 18 heavy (non-hydrogen) atoms. The van der Waals surface area contributed by atoms with Crippen LogP contribution in [-0.4, -0.2) is 18.9 Å². The first-order valence-electron chi connectivity index (χ1n) is 6.54. The summed E-state index contributed by atoms with van der Waals surface area (Å²) in [6.45, 7) is 6.05. The number of nitrogens with zero attached hydrogens (tertiary/aromatic N) is 1. The Balaban J connectivity index is 2.45. The second-order valence-corrected chi connectivity index (χ2v) is 4.30. The number of amidine groups is 1. The van der Waals surface area contributed by atoms with Crippen molar-refractivity contribution in [3.05, 3.63) is 53.6 Å². The van der Waals surface area contributed by atoms with Crippen molar-refractivity contribution in [2.75, 3.05) is 13.1 Å². The molecule has 0 unspecified atom stereocenters. The van der Waals surface area contributed by atoms with Crippen LogP contribution in [-0.2, 0) is 0 Å². The molecule has 94 valence electrons. The second-order valence-electron chi connectivity index (χ2n) is 4.30. The fourth-order valence-corrected chi connectivity index (χ4v) is 2.18. The van der Waals surface area contributed by atoms with Crippen LogP contribution < -0.4 is 5.32 Å². The second kappa shape index (κ2) is 6.20. The lowest BCUT2D eigenvalue weighted by molar-refractivity contribution is 0.742. The van der Waals surface area contributed by atoms with E-state index in [1.165, 1.54) is 16.7 Å². The molecule has 0 atom stereocenters. The summed E-state index contributed by atoms with van der Waals surface area (Å²) in [5.74, 6) is 1.03. The molecule has 0 aliphatic carbocycles. The molecule has 2 heteroatoms. The molecule has 0 amide bonds. The molecule has 0 aromatic heterocycles. The fraction of sp³-hybridized carbons (Fsp3) is 0.312. The summed E-state index contributed by atoms with van der Waals surface area (Å²) < 4.78 is 0. The number of benzene rings is 1. The molecular weight excluding hydrogens is 220 g/mol. The maximum absolute atomic E-state index is 4.59. The molecule has 2 nitrogen and oxygen atoms in total. The van der Waals surface area contributed by atoms with Crippen LogP contribution in [0.3, 0.4) is 0 Å². The van der Waals surface area contributed by atoms with Gasteiger partial charge in [0.1, 0.15) is 5.84 Å². The molecule has 0 spiro atoms. The van der Waals surface area contributed by atoms with Gasteiger partial charge in [-0.25, -0.2) is 0 Å². The molecule has 1 aliphatic rings. The Bertz CT molecular complexity index is 496. The standard InChI is InChI=1S/C16H20N2/c1-3-8-13(4-2)14-9-5-6-10-15(14)16-17-11-7-12-18-16/h3-6,8-10H,7,11-12H2,1-2H3,(H,17,18)/b8-3-,13-4+. The van der Waals surface area contributed by atoms with Gasteiger partial charge in [0.15, 0.2) is 0 Å². The van der Waals surface area contributed by atoms with Gasteiger partial charge in [-0.15, -0.1) is 0 Å². The van der Waals surface area contributed by atoms with E-state index in [-0.39, 0.29) is 0 Å². The van der Waals surface area contributed by atoms with Gasteiger partial charge in [-0.3, -0.25) is 4.99 Å². The molecule has 0 saturated heterocycles. The maximum Gasteiger partial charge on any atom is 0.128 e. The summed E-state index contributed by atoms with van der Waals surface area (Å²) in [5, 5.41) is 3.40. The molecule has 1 N–H and O–H groups in total. The van der Waals surface area contributed by atoms with E-state index >= 15 is 0 Å². The summed E-state index contributed by atoms with van der Waals surface area (Å²) in [6, 6.07) is 8.44. The van der Waals surface area contributed by atoms with E-state index in [1.807, 2.05) is 6.92 Å². The van der Waals surface area contributed by atoms with E-state index in [9.17, 15) is 0 Å². The molecule has 0 fully saturated rings. The number of nitrogens with one attached hydrogen (secondary N) is 1. The first-order valence-corrected chi connectivity index (χ1v) is 6.54. The quantitative estimate of drug-likeness (QED) is 0.804. The van der Waals surface area contributed by atoms with Crippen LogP contribution in [0.1, 0.15) is 31.4 Å². The van der Waals surface area contributed by atoms with Crippen LogP contribution >= 0.6 is 0 Å². The van der Waals surface area contributed by atoms with Gasteiger partial charge >= 0.3 is 0 Å². The number of aliphatic imine (C=N–C) groups is 1. The van der Waals surface area contributed by atoms with Crippen molar-refractivity contribution in [1.29, 1.82) is 0 Å². The minimum Gasteiger partial charge on any atom is -0.370 e. The highest BCUT2D eigenvalue weighted by atomic mass is 15.0. The van der Waals surface area contributed by atoms with Crippen LogP contribution in [0.25, 0.3) is 5.57 Å². The summed E-state index contributed by atoms with van der Waals surface area (Å²) in [6.07, 6.45) is 7.48. The van der Waals surface area contributed by atoms with Gasteiger partial charge in [-0.2, -0.15) is 0 Å². The Kier molecular flexibility index (Phi) is 4.35. The van der Waals surface area contributed by atoms with Gasteiger partial charge in [-0.1, -0.05) is 42.5 Å². The third-order valence-corrected chi connectivity index (χ3v) is 3.05. The van der Waals surface area contributed by atoms with Crippen molar-refractivity contribution in [2.45, 2.75) is 20.3 Å². The number of hydrogen-bond acceptors (Lipinski definition) is 2. The lowest BCUT2D eigenvalue weighted by Crippen LogP contribution is -2.30. The summed E-state index contributed by atoms with van der Waals surface area (Å²) in [7, 11) is 0. The van der Waals surface area contributed by atoms with Crippen molar-refractivity contribution < 1.29 is 0 Å². The lowest BCUT2D eigenvalue weighted by Gasteiger charge is -2.18. The van der Waals surface area contributed by atoms with Gasteiger partial charge in [0.2, 0.25) is 0 Å². The first kappa shape index (κ1) is 12.6. The highest BCUT2D eigenvalue weighted by Gasteiger charge is 2.12. The topological polar surface area (TPSA) is 24.4 Å². The first-order chi connectivity index (χ1) is 8.86. The van der Waals surface area contributed by atoms with Gasteiger partial charge in [0.05, 0.1) is 0 Å². The summed E-state index contributed by atoms with van der Waals surface area (Å²) in [4.78, 5) is 4.59. The maximum atomic E-state index is 4.59. The van der Waals surface area contributed by atoms with E-state index in [4.69, 9.17) is 0 Å². The molecule has 0 saturated carbocycles. The van der Waals surface area contributed by atoms with Crippen LogP contribution in [0.2, 0.25) is 0 Å². The van der Waals surface area contributed by atoms with Crippen LogP contribution in [0.5, 0.6) is 0 Å². The molecule has 1 heterocycles. The Hall–Kier alpha value is -1.83. The molecule has 1 aromatic rings. The van der Waals surface area contributed by atoms with Crippen molar-refractivity contribution >= 4 is 11.4 Å². The Labute approximate surface area is 109 Å². The molecule has 1 aliphatic heterocycles. The lowest BCUT2D eigenvalue weighted by atomic mass is 9.98. The van der Waals surface area contributed by atoms with E-state index < -0.39 is 0 Å². The van der Waals surface area contributed by atoms with Crippen LogP contribution in [0.15, 0.2) is 47.5 Å². The van der Waals surface area contributed by atoms with E-state index in [1.54, 1.807) is 0 Å². The average Bonchev–Trinajstić information content (AvgIpc) is 2.46. The number of rotatable bonds is 3. The zero-order valence-corrected chi connectivity index (χ0v) is 11.1. The van der Waals surface area contributed by atoms with Gasteiger partial charge in [0, 0.05) is 18.7 Å². The molecule has 1 aromatic carbocycles. The normalized spacial score (nSPS) is 16.6. The zero-order valence-electron chi connectivity index (χ0n) is 11.1. The molecule has 2 rings (SSSR count). The SMILES string of the molecule is C/C=C\C(=C/C)c1ccccc1C1=NCCCN1. The van der Waals surface area contributed by atoms with E-state index in [0.717, 1.165) is 25.3 Å². The number of allylic oxidation sites excluding steroid dienone is 4. The van der Waals surface area contributed by atoms with Gasteiger partial charge in [0.25, 0.3) is 0 Å².